The average molecular weight is 575 g/mol. The molecule has 5 rings (SSSR count). The van der Waals surface area contributed by atoms with Crippen molar-refractivity contribution < 1.29 is 13.2 Å². The van der Waals surface area contributed by atoms with Crippen molar-refractivity contribution in [2.45, 2.75) is 87.6 Å². The first-order valence-corrected chi connectivity index (χ1v) is 16.2. The molecule has 1 saturated carbocycles. The van der Waals surface area contributed by atoms with E-state index in [2.05, 4.69) is 35.6 Å². The molecule has 218 valence electrons. The van der Waals surface area contributed by atoms with E-state index in [0.29, 0.717) is 25.4 Å². The van der Waals surface area contributed by atoms with Crippen LogP contribution in [0.1, 0.15) is 70.0 Å². The number of pyridine rings is 1. The molecule has 0 bridgehead atoms. The molecule has 0 radical (unpaired) electrons. The van der Waals surface area contributed by atoms with Crippen LogP contribution in [0.5, 0.6) is 5.75 Å². The van der Waals surface area contributed by atoms with Gasteiger partial charge in [0.2, 0.25) is 9.84 Å². The summed E-state index contributed by atoms with van der Waals surface area (Å²) in [7, 11) is -2.07. The SMILES string of the molecule is COc1ccc(CNCCc2cc(S(=O)(=O)c3ccc4c(c3)nc(C(C)(C)C)n4CC3CCCCC3)ccn2)cc1. The van der Waals surface area contributed by atoms with Gasteiger partial charge in [-0.1, -0.05) is 52.2 Å². The number of rotatable bonds is 10. The van der Waals surface area contributed by atoms with Gasteiger partial charge in [-0.3, -0.25) is 4.98 Å². The minimum Gasteiger partial charge on any atom is -0.497 e. The number of hydrogen-bond acceptors (Lipinski definition) is 6. The Morgan fingerprint density at radius 2 is 1.71 bits per heavy atom. The minimum atomic E-state index is -3.72. The molecule has 1 aliphatic carbocycles. The number of hydrogen-bond donors (Lipinski definition) is 1. The number of nitrogens with zero attached hydrogens (tertiary/aromatic N) is 3. The van der Waals surface area contributed by atoms with E-state index < -0.39 is 9.84 Å². The molecule has 0 unspecified atom stereocenters. The van der Waals surface area contributed by atoms with Crippen molar-refractivity contribution in [3.8, 4) is 5.75 Å². The lowest BCUT2D eigenvalue weighted by molar-refractivity contribution is 0.313. The fraction of sp³-hybridized carbons (Fsp3) is 0.455. The number of benzene rings is 2. The predicted octanol–water partition coefficient (Wildman–Crippen LogP) is 6.48. The van der Waals surface area contributed by atoms with Crippen molar-refractivity contribution >= 4 is 20.9 Å². The zero-order valence-corrected chi connectivity index (χ0v) is 25.5. The maximum atomic E-state index is 13.7. The molecule has 0 spiro atoms. The number of fused-ring (bicyclic) bond motifs is 1. The highest BCUT2D eigenvalue weighted by Gasteiger charge is 2.27. The van der Waals surface area contributed by atoms with Crippen LogP contribution in [0.2, 0.25) is 0 Å². The second kappa shape index (κ2) is 12.3. The molecule has 1 N–H and O–H groups in total. The Morgan fingerprint density at radius 3 is 2.41 bits per heavy atom. The third-order valence-electron chi connectivity index (χ3n) is 8.01. The van der Waals surface area contributed by atoms with E-state index in [0.717, 1.165) is 40.4 Å². The van der Waals surface area contributed by atoms with E-state index in [-0.39, 0.29) is 15.2 Å². The summed E-state index contributed by atoms with van der Waals surface area (Å²) in [6, 6.07) is 16.6. The zero-order chi connectivity index (χ0) is 29.0. The molecule has 2 heterocycles. The maximum absolute atomic E-state index is 13.7. The van der Waals surface area contributed by atoms with Crippen molar-refractivity contribution in [3.63, 3.8) is 0 Å². The monoisotopic (exact) mass is 574 g/mol. The summed E-state index contributed by atoms with van der Waals surface area (Å²) in [5.74, 6) is 2.49. The summed E-state index contributed by atoms with van der Waals surface area (Å²) in [6.07, 6.45) is 8.61. The van der Waals surface area contributed by atoms with Crippen LogP contribution in [0.25, 0.3) is 11.0 Å². The van der Waals surface area contributed by atoms with Crippen LogP contribution < -0.4 is 10.1 Å². The van der Waals surface area contributed by atoms with Gasteiger partial charge in [0.15, 0.2) is 0 Å². The molecule has 0 atom stereocenters. The van der Waals surface area contributed by atoms with E-state index in [4.69, 9.17) is 9.72 Å². The van der Waals surface area contributed by atoms with Crippen LogP contribution in [0, 0.1) is 5.92 Å². The van der Waals surface area contributed by atoms with E-state index in [1.807, 2.05) is 30.3 Å². The summed E-state index contributed by atoms with van der Waals surface area (Å²) >= 11 is 0. The fourth-order valence-corrected chi connectivity index (χ4v) is 7.07. The van der Waals surface area contributed by atoms with Gasteiger partial charge in [-0.2, -0.15) is 0 Å². The smallest absolute Gasteiger partial charge is 0.206 e. The van der Waals surface area contributed by atoms with E-state index >= 15 is 0 Å². The molecule has 2 aromatic carbocycles. The summed E-state index contributed by atoms with van der Waals surface area (Å²) < 4.78 is 35.0. The summed E-state index contributed by atoms with van der Waals surface area (Å²) in [6.45, 7) is 8.86. The first-order valence-electron chi connectivity index (χ1n) is 14.7. The lowest BCUT2D eigenvalue weighted by Gasteiger charge is -2.26. The Bertz CT molecular complexity index is 1580. The van der Waals surface area contributed by atoms with E-state index in [9.17, 15) is 8.42 Å². The van der Waals surface area contributed by atoms with Crippen molar-refractivity contribution in [2.24, 2.45) is 5.92 Å². The Hall–Kier alpha value is -3.23. The summed E-state index contributed by atoms with van der Waals surface area (Å²) in [5, 5.41) is 3.41. The molecule has 4 aromatic rings. The van der Waals surface area contributed by atoms with Crippen LogP contribution in [0.3, 0.4) is 0 Å². The third kappa shape index (κ3) is 6.81. The van der Waals surface area contributed by atoms with Gasteiger partial charge < -0.3 is 14.6 Å². The van der Waals surface area contributed by atoms with E-state index in [1.54, 1.807) is 37.6 Å². The Balaban J connectivity index is 1.32. The van der Waals surface area contributed by atoms with Crippen molar-refractivity contribution in [1.29, 1.82) is 0 Å². The van der Waals surface area contributed by atoms with Crippen molar-refractivity contribution in [3.05, 3.63) is 77.9 Å². The van der Waals surface area contributed by atoms with E-state index in [1.165, 1.54) is 32.1 Å². The highest BCUT2D eigenvalue weighted by molar-refractivity contribution is 7.91. The first-order chi connectivity index (χ1) is 19.6. The lowest BCUT2D eigenvalue weighted by atomic mass is 9.88. The fourth-order valence-electron chi connectivity index (χ4n) is 5.75. The third-order valence-corrected chi connectivity index (χ3v) is 9.76. The quantitative estimate of drug-likeness (QED) is 0.218. The van der Waals surface area contributed by atoms with Crippen molar-refractivity contribution in [1.82, 2.24) is 19.9 Å². The molecular formula is C33H42N4O3S. The van der Waals surface area contributed by atoms with Gasteiger partial charge in [-0.05, 0) is 66.8 Å². The van der Waals surface area contributed by atoms with Crippen LogP contribution in [0.15, 0.2) is 70.6 Å². The summed E-state index contributed by atoms with van der Waals surface area (Å²) in [5.41, 5.74) is 3.50. The van der Waals surface area contributed by atoms with Crippen molar-refractivity contribution in [2.75, 3.05) is 13.7 Å². The number of sulfone groups is 1. The Labute approximate surface area is 244 Å². The number of methoxy groups -OCH3 is 1. The standard InChI is InChI=1S/C33H42N4O3S/c1-33(2,3)32-36-30-21-28(14-15-31(30)37(32)23-25-8-6-5-7-9-25)41(38,39)29-17-19-35-26(20-29)16-18-34-22-24-10-12-27(40-4)13-11-24/h10-15,17,19-21,25,34H,5-9,16,18,22-23H2,1-4H3. The van der Waals surface area contributed by atoms with Gasteiger partial charge >= 0.3 is 0 Å². The number of ether oxygens (including phenoxy) is 1. The molecule has 7 nitrogen and oxygen atoms in total. The molecular weight excluding hydrogens is 532 g/mol. The topological polar surface area (TPSA) is 86.1 Å². The second-order valence-corrected chi connectivity index (χ2v) is 14.2. The molecule has 2 aromatic heterocycles. The van der Waals surface area contributed by atoms with Crippen LogP contribution in [-0.2, 0) is 34.8 Å². The molecule has 41 heavy (non-hydrogen) atoms. The number of aromatic nitrogens is 3. The predicted molar refractivity (Wildman–Crippen MR) is 163 cm³/mol. The highest BCUT2D eigenvalue weighted by atomic mass is 32.2. The van der Waals surface area contributed by atoms with Gasteiger partial charge in [-0.25, -0.2) is 13.4 Å². The van der Waals surface area contributed by atoms with Crippen LogP contribution >= 0.6 is 0 Å². The maximum Gasteiger partial charge on any atom is 0.206 e. The molecule has 8 heteroatoms. The molecule has 0 amide bonds. The van der Waals surface area contributed by atoms with Gasteiger partial charge in [0.1, 0.15) is 11.6 Å². The number of nitrogens with one attached hydrogen (secondary N) is 1. The normalized spacial score (nSPS) is 14.9. The first kappa shape index (κ1) is 29.3. The largest absolute Gasteiger partial charge is 0.497 e. The average Bonchev–Trinajstić information content (AvgIpc) is 3.34. The number of imidazole rings is 1. The zero-order valence-electron chi connectivity index (χ0n) is 24.7. The lowest BCUT2D eigenvalue weighted by Crippen LogP contribution is -2.22. The highest BCUT2D eigenvalue weighted by Crippen LogP contribution is 2.33. The van der Waals surface area contributed by atoms with Gasteiger partial charge in [0, 0.05) is 43.4 Å². The minimum absolute atomic E-state index is 0.145. The molecule has 0 saturated heterocycles. The summed E-state index contributed by atoms with van der Waals surface area (Å²) in [4.78, 5) is 9.94. The molecule has 0 aliphatic heterocycles. The second-order valence-electron chi connectivity index (χ2n) is 12.2. The van der Waals surface area contributed by atoms with Gasteiger partial charge in [-0.15, -0.1) is 0 Å². The van der Waals surface area contributed by atoms with Gasteiger partial charge in [0.05, 0.1) is 27.9 Å². The Morgan fingerprint density at radius 1 is 0.976 bits per heavy atom. The molecule has 1 fully saturated rings. The van der Waals surface area contributed by atoms with Crippen LogP contribution in [-0.4, -0.2) is 36.6 Å². The Kier molecular flexibility index (Phi) is 8.80. The van der Waals surface area contributed by atoms with Gasteiger partial charge in [0.25, 0.3) is 0 Å². The van der Waals surface area contributed by atoms with Crippen LogP contribution in [0.4, 0.5) is 0 Å². The molecule has 1 aliphatic rings.